The van der Waals surface area contributed by atoms with E-state index in [1.165, 1.54) is 11.3 Å². The highest BCUT2D eigenvalue weighted by Gasteiger charge is 2.31. The van der Waals surface area contributed by atoms with Gasteiger partial charge < -0.3 is 14.5 Å². The Balaban J connectivity index is 1.54. The number of hydrogen-bond acceptors (Lipinski definition) is 4. The minimum absolute atomic E-state index is 0.0733. The van der Waals surface area contributed by atoms with Crippen LogP contribution in [0.4, 0.5) is 0 Å². The van der Waals surface area contributed by atoms with Gasteiger partial charge in [-0.1, -0.05) is 6.07 Å². The van der Waals surface area contributed by atoms with Gasteiger partial charge in [-0.25, -0.2) is 0 Å². The molecular formula is C14H18N2O3S. The first-order valence-electron chi connectivity index (χ1n) is 6.99. The molecule has 2 fully saturated rings. The summed E-state index contributed by atoms with van der Waals surface area (Å²) < 4.78 is 5.43. The molecule has 3 rings (SSSR count). The van der Waals surface area contributed by atoms with Crippen LogP contribution in [0.1, 0.15) is 22.5 Å². The van der Waals surface area contributed by atoms with Crippen LogP contribution in [-0.2, 0) is 9.53 Å². The largest absolute Gasteiger partial charge is 0.368 e. The fraction of sp³-hybridized carbons (Fsp3) is 0.571. The van der Waals surface area contributed by atoms with Crippen LogP contribution >= 0.6 is 11.3 Å². The van der Waals surface area contributed by atoms with Crippen LogP contribution in [0.2, 0.25) is 0 Å². The first kappa shape index (κ1) is 13.6. The summed E-state index contributed by atoms with van der Waals surface area (Å²) in [6.07, 6.45) is 1.54. The zero-order chi connectivity index (χ0) is 13.9. The molecule has 0 aromatic carbocycles. The van der Waals surface area contributed by atoms with Crippen molar-refractivity contribution in [2.75, 3.05) is 32.8 Å². The fourth-order valence-corrected chi connectivity index (χ4v) is 3.35. The van der Waals surface area contributed by atoms with E-state index >= 15 is 0 Å². The fourth-order valence-electron chi connectivity index (χ4n) is 2.66. The lowest BCUT2D eigenvalue weighted by Crippen LogP contribution is -2.52. The number of nitrogens with zero attached hydrogens (tertiary/aromatic N) is 2. The zero-order valence-electron chi connectivity index (χ0n) is 11.3. The monoisotopic (exact) mass is 294 g/mol. The molecule has 0 N–H and O–H groups in total. The van der Waals surface area contributed by atoms with E-state index in [2.05, 4.69) is 0 Å². The lowest BCUT2D eigenvalue weighted by Gasteiger charge is -2.35. The van der Waals surface area contributed by atoms with Crippen molar-refractivity contribution in [1.29, 1.82) is 0 Å². The Morgan fingerprint density at radius 3 is 2.55 bits per heavy atom. The summed E-state index contributed by atoms with van der Waals surface area (Å²) in [4.78, 5) is 28.8. The molecule has 6 heteroatoms. The second-order valence-corrected chi connectivity index (χ2v) is 6.04. The Kier molecular flexibility index (Phi) is 4.03. The summed E-state index contributed by atoms with van der Waals surface area (Å²) in [7, 11) is 0. The van der Waals surface area contributed by atoms with E-state index in [1.54, 1.807) is 0 Å². The van der Waals surface area contributed by atoms with Crippen molar-refractivity contribution in [2.45, 2.75) is 18.9 Å². The van der Waals surface area contributed by atoms with Crippen molar-refractivity contribution in [3.05, 3.63) is 22.4 Å². The second-order valence-electron chi connectivity index (χ2n) is 5.10. The molecule has 1 aromatic heterocycles. The van der Waals surface area contributed by atoms with E-state index in [-0.39, 0.29) is 17.9 Å². The van der Waals surface area contributed by atoms with E-state index in [4.69, 9.17) is 4.74 Å². The van der Waals surface area contributed by atoms with E-state index in [9.17, 15) is 9.59 Å². The van der Waals surface area contributed by atoms with Crippen molar-refractivity contribution in [3.63, 3.8) is 0 Å². The summed E-state index contributed by atoms with van der Waals surface area (Å²) in [5.41, 5.74) is 0. The number of hydrogen-bond donors (Lipinski definition) is 0. The lowest BCUT2D eigenvalue weighted by atomic mass is 10.2. The zero-order valence-corrected chi connectivity index (χ0v) is 12.1. The molecule has 1 aromatic rings. The third-order valence-electron chi connectivity index (χ3n) is 3.82. The predicted octanol–water partition coefficient (Wildman–Crippen LogP) is 1.21. The normalized spacial score (nSPS) is 23.1. The molecule has 0 unspecified atom stereocenters. The van der Waals surface area contributed by atoms with Gasteiger partial charge in [0, 0.05) is 32.8 Å². The maximum atomic E-state index is 12.2. The summed E-state index contributed by atoms with van der Waals surface area (Å²) in [5.74, 6) is 0.162. The van der Waals surface area contributed by atoms with Gasteiger partial charge in [0.15, 0.2) is 0 Å². The molecule has 108 valence electrons. The smallest absolute Gasteiger partial charge is 0.264 e. The van der Waals surface area contributed by atoms with Gasteiger partial charge in [0.2, 0.25) is 0 Å². The number of ether oxygens (including phenoxy) is 1. The molecule has 1 atom stereocenters. The van der Waals surface area contributed by atoms with Gasteiger partial charge in [-0.05, 0) is 24.3 Å². The van der Waals surface area contributed by atoms with Gasteiger partial charge in [-0.2, -0.15) is 0 Å². The van der Waals surface area contributed by atoms with E-state index in [0.29, 0.717) is 32.8 Å². The molecule has 0 bridgehead atoms. The third-order valence-corrected chi connectivity index (χ3v) is 4.67. The summed E-state index contributed by atoms with van der Waals surface area (Å²) in [6, 6.07) is 3.73. The van der Waals surface area contributed by atoms with Crippen molar-refractivity contribution in [1.82, 2.24) is 9.80 Å². The maximum absolute atomic E-state index is 12.2. The third kappa shape index (κ3) is 2.71. The molecule has 0 spiro atoms. The molecule has 0 saturated carbocycles. The Labute approximate surface area is 122 Å². The molecule has 2 aliphatic rings. The predicted molar refractivity (Wildman–Crippen MR) is 75.8 cm³/mol. The highest BCUT2D eigenvalue weighted by atomic mass is 32.1. The van der Waals surface area contributed by atoms with E-state index in [0.717, 1.165) is 17.7 Å². The SMILES string of the molecule is O=C(c1cccs1)N1CCN(C(=O)[C@H]2CCCO2)CC1. The van der Waals surface area contributed by atoms with Gasteiger partial charge in [0.1, 0.15) is 6.10 Å². The highest BCUT2D eigenvalue weighted by molar-refractivity contribution is 7.12. The summed E-state index contributed by atoms with van der Waals surface area (Å²) in [5, 5.41) is 1.91. The average Bonchev–Trinajstić information content (AvgIpc) is 3.18. The van der Waals surface area contributed by atoms with Crippen molar-refractivity contribution < 1.29 is 14.3 Å². The van der Waals surface area contributed by atoms with Crippen LogP contribution in [0, 0.1) is 0 Å². The molecular weight excluding hydrogens is 276 g/mol. The molecule has 2 amide bonds. The van der Waals surface area contributed by atoms with Gasteiger partial charge in [0.05, 0.1) is 4.88 Å². The standard InChI is InChI=1S/C14H18N2O3S/c17-13(11-3-1-9-19-11)15-5-7-16(8-6-15)14(18)12-4-2-10-20-12/h2,4,10-11H,1,3,5-9H2/t11-/m1/s1. The number of carbonyl (C=O) groups is 2. The quantitative estimate of drug-likeness (QED) is 0.824. The van der Waals surface area contributed by atoms with Crippen LogP contribution in [-0.4, -0.2) is 60.5 Å². The number of carbonyl (C=O) groups excluding carboxylic acids is 2. The molecule has 3 heterocycles. The molecule has 2 aliphatic heterocycles. The first-order valence-corrected chi connectivity index (χ1v) is 7.87. The first-order chi connectivity index (χ1) is 9.75. The molecule has 2 saturated heterocycles. The Bertz CT molecular complexity index is 475. The van der Waals surface area contributed by atoms with E-state index in [1.807, 2.05) is 27.3 Å². The van der Waals surface area contributed by atoms with Gasteiger partial charge in [-0.15, -0.1) is 11.3 Å². The maximum Gasteiger partial charge on any atom is 0.264 e. The molecule has 0 aliphatic carbocycles. The number of thiophene rings is 1. The van der Waals surface area contributed by atoms with Crippen molar-refractivity contribution in [3.8, 4) is 0 Å². The van der Waals surface area contributed by atoms with Crippen LogP contribution in [0.5, 0.6) is 0 Å². The van der Waals surface area contributed by atoms with Crippen LogP contribution < -0.4 is 0 Å². The van der Waals surface area contributed by atoms with Crippen molar-refractivity contribution >= 4 is 23.2 Å². The number of rotatable bonds is 2. The van der Waals surface area contributed by atoms with Crippen LogP contribution in [0.3, 0.4) is 0 Å². The summed E-state index contributed by atoms with van der Waals surface area (Å²) >= 11 is 1.46. The minimum atomic E-state index is -0.255. The van der Waals surface area contributed by atoms with Crippen molar-refractivity contribution in [2.24, 2.45) is 0 Å². The van der Waals surface area contributed by atoms with Gasteiger partial charge in [0.25, 0.3) is 11.8 Å². The second kappa shape index (κ2) is 5.93. The summed E-state index contributed by atoms with van der Waals surface area (Å²) in [6.45, 7) is 3.11. The van der Waals surface area contributed by atoms with Crippen LogP contribution in [0.25, 0.3) is 0 Å². The van der Waals surface area contributed by atoms with E-state index < -0.39 is 0 Å². The van der Waals surface area contributed by atoms with Gasteiger partial charge >= 0.3 is 0 Å². The number of piperazine rings is 1. The molecule has 5 nitrogen and oxygen atoms in total. The van der Waals surface area contributed by atoms with Gasteiger partial charge in [-0.3, -0.25) is 9.59 Å². The topological polar surface area (TPSA) is 49.9 Å². The minimum Gasteiger partial charge on any atom is -0.368 e. The Hall–Kier alpha value is -1.40. The Morgan fingerprint density at radius 2 is 1.95 bits per heavy atom. The van der Waals surface area contributed by atoms with Crippen LogP contribution in [0.15, 0.2) is 17.5 Å². The Morgan fingerprint density at radius 1 is 1.20 bits per heavy atom. The molecule has 0 radical (unpaired) electrons. The molecule has 20 heavy (non-hydrogen) atoms. The lowest BCUT2D eigenvalue weighted by molar-refractivity contribution is -0.142. The number of amides is 2. The average molecular weight is 294 g/mol. The highest BCUT2D eigenvalue weighted by Crippen LogP contribution is 2.17.